The molecular formula is C24H27FN10O. The minimum atomic E-state index is -0.490. The van der Waals surface area contributed by atoms with E-state index in [4.69, 9.17) is 4.74 Å². The Hall–Kier alpha value is -4.19. The molecule has 1 aromatic carbocycles. The molecule has 4 heterocycles. The molecular weight excluding hydrogens is 463 g/mol. The van der Waals surface area contributed by atoms with Crippen LogP contribution in [0.1, 0.15) is 24.4 Å². The van der Waals surface area contributed by atoms with Crippen molar-refractivity contribution in [1.82, 2.24) is 34.5 Å². The van der Waals surface area contributed by atoms with Crippen molar-refractivity contribution in [3.63, 3.8) is 0 Å². The van der Waals surface area contributed by atoms with Gasteiger partial charge in [0.15, 0.2) is 11.6 Å². The number of ether oxygens (including phenoxy) is 1. The number of benzene rings is 1. The van der Waals surface area contributed by atoms with E-state index in [0.29, 0.717) is 55.8 Å². The second kappa shape index (κ2) is 11.0. The van der Waals surface area contributed by atoms with Gasteiger partial charge in [0.05, 0.1) is 38.0 Å². The number of hydrogen-bond donors (Lipinski definition) is 2. The first-order chi connectivity index (χ1) is 17.6. The van der Waals surface area contributed by atoms with Gasteiger partial charge in [0, 0.05) is 25.8 Å². The SMILES string of the molecule is C[C@H](Nc1nc(Nc2cn(CCc3ccccc3)cn2)nc(N2CCOCC2)n1)c1ncc(F)cn1. The van der Waals surface area contributed by atoms with E-state index in [9.17, 15) is 4.39 Å². The number of halogens is 1. The molecule has 0 radical (unpaired) electrons. The predicted octanol–water partition coefficient (Wildman–Crippen LogP) is 2.99. The largest absolute Gasteiger partial charge is 0.378 e. The van der Waals surface area contributed by atoms with Crippen LogP contribution in [0.2, 0.25) is 0 Å². The van der Waals surface area contributed by atoms with Gasteiger partial charge >= 0.3 is 0 Å². The van der Waals surface area contributed by atoms with E-state index in [0.717, 1.165) is 25.4 Å². The average Bonchev–Trinajstić information content (AvgIpc) is 3.36. The van der Waals surface area contributed by atoms with Crippen molar-refractivity contribution in [2.24, 2.45) is 0 Å². The minimum Gasteiger partial charge on any atom is -0.378 e. The van der Waals surface area contributed by atoms with Crippen molar-refractivity contribution < 1.29 is 9.13 Å². The van der Waals surface area contributed by atoms with Crippen molar-refractivity contribution in [3.05, 3.63) is 72.5 Å². The summed E-state index contributed by atoms with van der Waals surface area (Å²) in [5, 5.41) is 6.38. The Morgan fingerprint density at radius 3 is 2.53 bits per heavy atom. The second-order valence-corrected chi connectivity index (χ2v) is 8.36. The van der Waals surface area contributed by atoms with Gasteiger partial charge in [-0.15, -0.1) is 0 Å². The van der Waals surface area contributed by atoms with Gasteiger partial charge in [0.1, 0.15) is 5.82 Å². The molecule has 11 nitrogen and oxygen atoms in total. The van der Waals surface area contributed by atoms with Crippen molar-refractivity contribution in [3.8, 4) is 0 Å². The third kappa shape index (κ3) is 6.08. The monoisotopic (exact) mass is 490 g/mol. The van der Waals surface area contributed by atoms with Crippen LogP contribution < -0.4 is 15.5 Å². The molecule has 36 heavy (non-hydrogen) atoms. The van der Waals surface area contributed by atoms with E-state index in [1.807, 2.05) is 40.8 Å². The Morgan fingerprint density at radius 2 is 1.75 bits per heavy atom. The third-order valence-corrected chi connectivity index (χ3v) is 5.67. The van der Waals surface area contributed by atoms with E-state index in [2.05, 4.69) is 52.7 Å². The summed E-state index contributed by atoms with van der Waals surface area (Å²) in [6.45, 7) is 5.21. The van der Waals surface area contributed by atoms with Gasteiger partial charge in [0.2, 0.25) is 17.8 Å². The van der Waals surface area contributed by atoms with Crippen molar-refractivity contribution in [2.45, 2.75) is 25.9 Å². The van der Waals surface area contributed by atoms with Gasteiger partial charge in [-0.05, 0) is 18.9 Å². The lowest BCUT2D eigenvalue weighted by molar-refractivity contribution is 0.122. The molecule has 3 aromatic heterocycles. The summed E-state index contributed by atoms with van der Waals surface area (Å²) < 4.78 is 20.7. The predicted molar refractivity (Wildman–Crippen MR) is 133 cm³/mol. The summed E-state index contributed by atoms with van der Waals surface area (Å²) in [6.07, 6.45) is 6.87. The molecule has 0 unspecified atom stereocenters. The van der Waals surface area contributed by atoms with Crippen LogP contribution in [-0.2, 0) is 17.7 Å². The van der Waals surface area contributed by atoms with Gasteiger partial charge in [0.25, 0.3) is 0 Å². The molecule has 5 rings (SSSR count). The second-order valence-electron chi connectivity index (χ2n) is 8.36. The van der Waals surface area contributed by atoms with Gasteiger partial charge in [-0.3, -0.25) is 0 Å². The van der Waals surface area contributed by atoms with Gasteiger partial charge in [-0.25, -0.2) is 19.3 Å². The molecule has 0 aliphatic carbocycles. The van der Waals surface area contributed by atoms with E-state index >= 15 is 0 Å². The highest BCUT2D eigenvalue weighted by Crippen LogP contribution is 2.20. The summed E-state index contributed by atoms with van der Waals surface area (Å²) >= 11 is 0. The average molecular weight is 491 g/mol. The number of nitrogens with one attached hydrogen (secondary N) is 2. The van der Waals surface area contributed by atoms with Crippen molar-refractivity contribution in [1.29, 1.82) is 0 Å². The van der Waals surface area contributed by atoms with Gasteiger partial charge in [-0.2, -0.15) is 15.0 Å². The number of aromatic nitrogens is 7. The van der Waals surface area contributed by atoms with Crippen molar-refractivity contribution in [2.75, 3.05) is 41.8 Å². The molecule has 1 aliphatic rings. The highest BCUT2D eigenvalue weighted by atomic mass is 19.1. The van der Waals surface area contributed by atoms with Crippen LogP contribution >= 0.6 is 0 Å². The smallest absolute Gasteiger partial charge is 0.235 e. The van der Waals surface area contributed by atoms with Crippen LogP contribution in [0.15, 0.2) is 55.2 Å². The number of hydrogen-bond acceptors (Lipinski definition) is 10. The summed E-state index contributed by atoms with van der Waals surface area (Å²) in [5.41, 5.74) is 1.27. The number of rotatable bonds is 9. The molecule has 0 bridgehead atoms. The Morgan fingerprint density at radius 1 is 1.00 bits per heavy atom. The fourth-order valence-corrected chi connectivity index (χ4v) is 3.76. The van der Waals surface area contributed by atoms with Gasteiger partial charge < -0.3 is 24.8 Å². The first kappa shape index (κ1) is 23.5. The standard InChI is InChI=1S/C24H27FN10O/c1-17(21-26-13-19(25)14-27-21)29-22-31-23(33-24(32-22)35-9-11-36-12-10-35)30-20-15-34(16-28-20)8-7-18-5-3-2-4-6-18/h2-6,13-17H,7-12H2,1H3,(H2,29,30,31,32,33)/t17-/m0/s1. The quantitative estimate of drug-likeness (QED) is 0.362. The highest BCUT2D eigenvalue weighted by molar-refractivity contribution is 5.52. The molecule has 4 aromatic rings. The maximum absolute atomic E-state index is 13.2. The first-order valence-electron chi connectivity index (χ1n) is 11.8. The fourth-order valence-electron chi connectivity index (χ4n) is 3.76. The molecule has 186 valence electrons. The fraction of sp³-hybridized carbons (Fsp3) is 0.333. The number of nitrogens with zero attached hydrogens (tertiary/aromatic N) is 8. The molecule has 1 fully saturated rings. The third-order valence-electron chi connectivity index (χ3n) is 5.67. The van der Waals surface area contributed by atoms with E-state index < -0.39 is 5.82 Å². The number of morpholine rings is 1. The van der Waals surface area contributed by atoms with Crippen LogP contribution in [-0.4, -0.2) is 60.8 Å². The molecule has 0 spiro atoms. The van der Waals surface area contributed by atoms with Crippen LogP contribution in [0.5, 0.6) is 0 Å². The zero-order chi connectivity index (χ0) is 24.7. The molecule has 1 aliphatic heterocycles. The lowest BCUT2D eigenvalue weighted by Crippen LogP contribution is -2.37. The van der Waals surface area contributed by atoms with E-state index in [1.54, 1.807) is 6.33 Å². The molecule has 2 N–H and O–H groups in total. The number of anilines is 4. The van der Waals surface area contributed by atoms with Crippen LogP contribution in [0.3, 0.4) is 0 Å². The Balaban J connectivity index is 1.32. The molecule has 0 saturated carbocycles. The Kier molecular flexibility index (Phi) is 7.22. The molecule has 1 atom stereocenters. The highest BCUT2D eigenvalue weighted by Gasteiger charge is 2.19. The summed E-state index contributed by atoms with van der Waals surface area (Å²) in [6, 6.07) is 9.96. The Labute approximate surface area is 207 Å². The van der Waals surface area contributed by atoms with E-state index in [1.165, 1.54) is 5.56 Å². The van der Waals surface area contributed by atoms with Crippen LogP contribution in [0.25, 0.3) is 0 Å². The zero-order valence-corrected chi connectivity index (χ0v) is 19.9. The number of imidazole rings is 1. The molecule has 1 saturated heterocycles. The van der Waals surface area contributed by atoms with E-state index in [-0.39, 0.29) is 6.04 Å². The molecule has 0 amide bonds. The first-order valence-corrected chi connectivity index (χ1v) is 11.8. The lowest BCUT2D eigenvalue weighted by atomic mass is 10.1. The van der Waals surface area contributed by atoms with Crippen LogP contribution in [0.4, 0.5) is 28.1 Å². The summed E-state index contributed by atoms with van der Waals surface area (Å²) in [7, 11) is 0. The van der Waals surface area contributed by atoms with Crippen LogP contribution in [0, 0.1) is 5.82 Å². The zero-order valence-electron chi connectivity index (χ0n) is 19.9. The maximum Gasteiger partial charge on any atom is 0.235 e. The topological polar surface area (TPSA) is 119 Å². The lowest BCUT2D eigenvalue weighted by Gasteiger charge is -2.27. The number of aryl methyl sites for hydroxylation is 2. The maximum atomic E-state index is 13.2. The van der Waals surface area contributed by atoms with Crippen molar-refractivity contribution >= 4 is 23.7 Å². The summed E-state index contributed by atoms with van der Waals surface area (Å²) in [4.78, 5) is 28.3. The normalized spacial score (nSPS) is 14.4. The minimum absolute atomic E-state index is 0.345. The van der Waals surface area contributed by atoms with Gasteiger partial charge in [-0.1, -0.05) is 30.3 Å². The molecule has 12 heteroatoms. The Bertz CT molecular complexity index is 1260. The summed E-state index contributed by atoms with van der Waals surface area (Å²) in [5.74, 6) is 1.79.